The number of fused-ring (bicyclic) bond motifs is 1. The minimum Gasteiger partial charge on any atom is -0.427 e. The molecule has 2 aliphatic rings. The molecule has 0 bridgehead atoms. The molecule has 8 heteroatoms. The Kier molecular flexibility index (Phi) is 4.67. The molecular weight excluding hydrogens is 328 g/mol. The topological polar surface area (TPSA) is 32.8 Å². The molecule has 2 saturated heterocycles. The fraction of sp³-hybridized carbons (Fsp3) is 0.562. The average Bonchev–Trinajstić information content (AvgIpc) is 3.01. The zero-order chi connectivity index (χ0) is 17.3. The van der Waals surface area contributed by atoms with Crippen molar-refractivity contribution in [1.82, 2.24) is 9.80 Å². The molecule has 0 N–H and O–H groups in total. The molecule has 4 nitrogen and oxygen atoms in total. The lowest BCUT2D eigenvalue weighted by Gasteiger charge is -2.37. The van der Waals surface area contributed by atoms with Crippen LogP contribution in [0.3, 0.4) is 0 Å². The zero-order valence-electron chi connectivity index (χ0n) is 12.9. The van der Waals surface area contributed by atoms with Crippen LogP contribution < -0.4 is 4.74 Å². The van der Waals surface area contributed by atoms with Gasteiger partial charge >= 0.3 is 12.5 Å². The highest BCUT2D eigenvalue weighted by Crippen LogP contribution is 2.31. The van der Waals surface area contributed by atoms with Crippen LogP contribution in [0.1, 0.15) is 23.2 Å². The second kappa shape index (κ2) is 6.58. The quantitative estimate of drug-likeness (QED) is 0.786. The van der Waals surface area contributed by atoms with E-state index in [9.17, 15) is 22.4 Å². The Bertz CT molecular complexity index is 611. The number of amides is 1. The maximum absolute atomic E-state index is 13.2. The minimum atomic E-state index is -4.64. The monoisotopic (exact) mass is 346 g/mol. The van der Waals surface area contributed by atoms with Crippen LogP contribution in [0.25, 0.3) is 0 Å². The highest BCUT2D eigenvalue weighted by Gasteiger charge is 2.45. The molecule has 2 fully saturated rings. The zero-order valence-corrected chi connectivity index (χ0v) is 12.9. The molecule has 1 aromatic rings. The van der Waals surface area contributed by atoms with Crippen molar-refractivity contribution in [1.29, 1.82) is 0 Å². The Morgan fingerprint density at radius 3 is 2.71 bits per heavy atom. The van der Waals surface area contributed by atoms with Gasteiger partial charge in [0, 0.05) is 25.7 Å². The molecule has 0 radical (unpaired) electrons. The molecule has 0 aromatic heterocycles. The SMILES string of the molecule is O=C(c1ccccc1OC(F)(F)C(F)F)N1CCN2CCC[C@@H]2C1. The number of rotatable bonds is 4. The molecule has 1 aromatic carbocycles. The lowest BCUT2D eigenvalue weighted by atomic mass is 10.1. The number of hydrogen-bond acceptors (Lipinski definition) is 3. The molecule has 24 heavy (non-hydrogen) atoms. The molecule has 0 saturated carbocycles. The van der Waals surface area contributed by atoms with E-state index in [1.165, 1.54) is 18.2 Å². The molecule has 2 aliphatic heterocycles. The number of carbonyl (C=O) groups excluding carboxylic acids is 1. The van der Waals surface area contributed by atoms with E-state index in [-0.39, 0.29) is 11.6 Å². The van der Waals surface area contributed by atoms with Gasteiger partial charge in [0.15, 0.2) is 0 Å². The second-order valence-corrected chi connectivity index (χ2v) is 6.04. The van der Waals surface area contributed by atoms with Gasteiger partial charge in [-0.05, 0) is 31.5 Å². The molecule has 0 aliphatic carbocycles. The molecule has 0 spiro atoms. The van der Waals surface area contributed by atoms with E-state index in [0.29, 0.717) is 13.1 Å². The standard InChI is InChI=1S/C16H18F4N2O2/c17-15(18)16(19,20)24-13-6-2-1-5-12(13)14(23)22-9-8-21-7-3-4-11(21)10-22/h1-2,5-6,11,15H,3-4,7-10H2/t11-/m1/s1. The van der Waals surface area contributed by atoms with Crippen LogP contribution in [0.15, 0.2) is 24.3 Å². The van der Waals surface area contributed by atoms with Crippen molar-refractivity contribution in [2.24, 2.45) is 0 Å². The summed E-state index contributed by atoms with van der Waals surface area (Å²) in [7, 11) is 0. The van der Waals surface area contributed by atoms with Gasteiger partial charge in [-0.3, -0.25) is 9.69 Å². The number of para-hydroxylation sites is 1. The highest BCUT2D eigenvalue weighted by molar-refractivity contribution is 5.97. The van der Waals surface area contributed by atoms with Gasteiger partial charge in [0.1, 0.15) is 5.75 Å². The van der Waals surface area contributed by atoms with Gasteiger partial charge in [0.05, 0.1) is 5.56 Å². The Morgan fingerprint density at radius 1 is 1.21 bits per heavy atom. The Labute approximate surface area is 137 Å². The van der Waals surface area contributed by atoms with Gasteiger partial charge in [-0.1, -0.05) is 12.1 Å². The maximum Gasteiger partial charge on any atom is 0.461 e. The second-order valence-electron chi connectivity index (χ2n) is 6.04. The normalized spacial score (nSPS) is 21.9. The molecule has 2 heterocycles. The van der Waals surface area contributed by atoms with E-state index < -0.39 is 24.2 Å². The van der Waals surface area contributed by atoms with Crippen molar-refractivity contribution in [3.8, 4) is 5.75 Å². The van der Waals surface area contributed by atoms with Gasteiger partial charge in [0.25, 0.3) is 5.91 Å². The molecule has 3 rings (SSSR count). The predicted molar refractivity (Wildman–Crippen MR) is 78.5 cm³/mol. The third kappa shape index (κ3) is 3.33. The van der Waals surface area contributed by atoms with Crippen molar-refractivity contribution < 1.29 is 27.1 Å². The average molecular weight is 346 g/mol. The number of nitrogens with zero attached hydrogens (tertiary/aromatic N) is 2. The molecule has 1 atom stereocenters. The lowest BCUT2D eigenvalue weighted by molar-refractivity contribution is -0.253. The minimum absolute atomic E-state index is 0.121. The summed E-state index contributed by atoms with van der Waals surface area (Å²) in [4.78, 5) is 16.5. The summed E-state index contributed by atoms with van der Waals surface area (Å²) in [5, 5.41) is 0. The van der Waals surface area contributed by atoms with E-state index in [1.54, 1.807) is 4.90 Å². The highest BCUT2D eigenvalue weighted by atomic mass is 19.3. The van der Waals surface area contributed by atoms with Crippen LogP contribution >= 0.6 is 0 Å². The first-order chi connectivity index (χ1) is 11.4. The summed E-state index contributed by atoms with van der Waals surface area (Å²) in [6.07, 6.45) is -6.54. The lowest BCUT2D eigenvalue weighted by Crippen LogP contribution is -2.52. The van der Waals surface area contributed by atoms with Gasteiger partial charge < -0.3 is 9.64 Å². The number of alkyl halides is 4. The Hall–Kier alpha value is -1.83. The van der Waals surface area contributed by atoms with Gasteiger partial charge in [-0.2, -0.15) is 17.6 Å². The molecule has 1 amide bonds. The van der Waals surface area contributed by atoms with Crippen LogP contribution in [-0.4, -0.2) is 60.5 Å². The molecule has 0 unspecified atom stereocenters. The number of carbonyl (C=O) groups is 1. The first-order valence-corrected chi connectivity index (χ1v) is 7.86. The number of piperazine rings is 1. The van der Waals surface area contributed by atoms with Crippen molar-refractivity contribution >= 4 is 5.91 Å². The van der Waals surface area contributed by atoms with Crippen molar-refractivity contribution in [3.05, 3.63) is 29.8 Å². The van der Waals surface area contributed by atoms with E-state index in [0.717, 1.165) is 32.0 Å². The number of ether oxygens (including phenoxy) is 1. The molecular formula is C16H18F4N2O2. The van der Waals surface area contributed by atoms with Crippen LogP contribution in [0.2, 0.25) is 0 Å². The van der Waals surface area contributed by atoms with Crippen LogP contribution in [-0.2, 0) is 0 Å². The number of halogens is 4. The Morgan fingerprint density at radius 2 is 1.96 bits per heavy atom. The first kappa shape index (κ1) is 17.0. The van der Waals surface area contributed by atoms with E-state index >= 15 is 0 Å². The maximum atomic E-state index is 13.2. The Balaban J connectivity index is 1.78. The third-order valence-electron chi connectivity index (χ3n) is 4.49. The summed E-state index contributed by atoms with van der Waals surface area (Å²) in [6.45, 7) is 2.73. The van der Waals surface area contributed by atoms with Crippen molar-refractivity contribution in [2.45, 2.75) is 31.4 Å². The summed E-state index contributed by atoms with van der Waals surface area (Å²) < 4.78 is 55.2. The first-order valence-electron chi connectivity index (χ1n) is 7.86. The van der Waals surface area contributed by atoms with E-state index in [4.69, 9.17) is 0 Å². The summed E-state index contributed by atoms with van der Waals surface area (Å²) >= 11 is 0. The predicted octanol–water partition coefficient (Wildman–Crippen LogP) is 2.84. The van der Waals surface area contributed by atoms with Crippen molar-refractivity contribution in [2.75, 3.05) is 26.2 Å². The van der Waals surface area contributed by atoms with Crippen molar-refractivity contribution in [3.63, 3.8) is 0 Å². The van der Waals surface area contributed by atoms with Crippen LogP contribution in [0.5, 0.6) is 5.75 Å². The van der Waals surface area contributed by atoms with Crippen LogP contribution in [0, 0.1) is 0 Å². The number of hydrogen-bond donors (Lipinski definition) is 0. The molecule has 132 valence electrons. The van der Waals surface area contributed by atoms with Gasteiger partial charge in [-0.15, -0.1) is 0 Å². The third-order valence-corrected chi connectivity index (χ3v) is 4.49. The van der Waals surface area contributed by atoms with E-state index in [1.807, 2.05) is 0 Å². The fourth-order valence-corrected chi connectivity index (χ4v) is 3.27. The smallest absolute Gasteiger partial charge is 0.427 e. The number of benzene rings is 1. The summed E-state index contributed by atoms with van der Waals surface area (Å²) in [6, 6.07) is 5.56. The van der Waals surface area contributed by atoms with E-state index in [2.05, 4.69) is 9.64 Å². The van der Waals surface area contributed by atoms with Gasteiger partial charge in [0.2, 0.25) is 0 Å². The fourth-order valence-electron chi connectivity index (χ4n) is 3.27. The van der Waals surface area contributed by atoms with Gasteiger partial charge in [-0.25, -0.2) is 0 Å². The largest absolute Gasteiger partial charge is 0.461 e. The summed E-state index contributed by atoms with van der Waals surface area (Å²) in [5.74, 6) is -0.996. The summed E-state index contributed by atoms with van der Waals surface area (Å²) in [5.41, 5.74) is -0.121. The van der Waals surface area contributed by atoms with Crippen LogP contribution in [0.4, 0.5) is 17.6 Å².